The molecule has 125 heavy (non-hydrogen) atoms. The molecule has 2 aromatic carbocycles. The molecule has 6 aliphatic heterocycles. The second-order valence-corrected chi connectivity index (χ2v) is 44.0. The number of ether oxygens (including phenoxy) is 2. The molecule has 2 amide bonds. The van der Waals surface area contributed by atoms with Gasteiger partial charge in [0.2, 0.25) is 0 Å². The number of nitrogens with zero attached hydrogens (tertiary/aromatic N) is 13. The van der Waals surface area contributed by atoms with Crippen molar-refractivity contribution in [2.45, 2.75) is 426 Å². The predicted octanol–water partition coefficient (Wildman–Crippen LogP) is 23.1. The van der Waals surface area contributed by atoms with E-state index in [1.807, 2.05) is 33.9 Å². The van der Waals surface area contributed by atoms with Gasteiger partial charge in [-0.3, -0.25) is 24.5 Å². The van der Waals surface area contributed by atoms with Gasteiger partial charge in [0.05, 0.1) is 36.3 Å². The summed E-state index contributed by atoms with van der Waals surface area (Å²) in [5.74, 6) is 9.15. The molecule has 5 aliphatic carbocycles. The summed E-state index contributed by atoms with van der Waals surface area (Å²) in [6.07, 6.45) is 27.4. The molecule has 4 unspecified atom stereocenters. The van der Waals surface area contributed by atoms with Crippen molar-refractivity contribution in [3.05, 3.63) is 66.1 Å². The molecule has 14 rings (SSSR count). The number of carbonyl (C=O) groups excluding carboxylic acids is 1. The van der Waals surface area contributed by atoms with Crippen molar-refractivity contribution < 1.29 is 14.3 Å². The summed E-state index contributed by atoms with van der Waals surface area (Å²) in [5, 5.41) is 0. The number of piperidine rings is 1. The molecule has 7 heterocycles. The van der Waals surface area contributed by atoms with Crippen LogP contribution in [-0.2, 0) is 16.5 Å². The maximum absolute atomic E-state index is 12.7. The maximum Gasteiger partial charge on any atom is 0.320 e. The van der Waals surface area contributed by atoms with Crippen molar-refractivity contribution in [2.75, 3.05) is 125 Å². The Morgan fingerprint density at radius 1 is 0.408 bits per heavy atom. The molecular formula is C109H201N13O3. The monoisotopic (exact) mass is 1740 g/mol. The average Bonchev–Trinajstić information content (AvgIpc) is 1.70. The highest BCUT2D eigenvalue weighted by Gasteiger charge is 2.45. The van der Waals surface area contributed by atoms with Crippen LogP contribution in [0.1, 0.15) is 340 Å². The molecule has 0 N–H and O–H groups in total. The van der Waals surface area contributed by atoms with E-state index in [0.717, 1.165) is 123 Å². The number of rotatable bonds is 25. The molecule has 5 saturated carbocycles. The van der Waals surface area contributed by atoms with Crippen LogP contribution < -0.4 is 0 Å². The van der Waals surface area contributed by atoms with E-state index in [0.29, 0.717) is 78.3 Å². The Hall–Kier alpha value is -3.52. The number of amides is 2. The van der Waals surface area contributed by atoms with Crippen LogP contribution in [0.4, 0.5) is 4.79 Å². The number of aromatic nitrogens is 2. The van der Waals surface area contributed by atoms with E-state index in [-0.39, 0.29) is 6.03 Å². The fourth-order valence-corrected chi connectivity index (χ4v) is 22.1. The lowest BCUT2D eigenvalue weighted by Crippen LogP contribution is -2.58. The number of imidazole rings is 1. The molecule has 0 spiro atoms. The van der Waals surface area contributed by atoms with E-state index in [2.05, 4.69) is 306 Å². The van der Waals surface area contributed by atoms with Crippen molar-refractivity contribution >= 4 is 6.03 Å². The molecule has 16 heteroatoms. The fraction of sp³-hybridized carbons (Fsp3) is 0.853. The largest absolute Gasteiger partial charge is 0.375 e. The predicted molar refractivity (Wildman–Crippen MR) is 538 cm³/mol. The molecule has 6 saturated heterocycles. The standard InChI is InChI=1S/C22H26N2.C18H35NO.C17H32N4O.C17H34N2O.C16H32N2.C15H30N2.2C2H6/c1-15(2)17-6-8-18(9-7-17)19-10-12-20(13-11-19)21-14-23-22(16(3)4)24(21)5;1-13(2)19(12-16-8-6-15(5)7-9-16)17-10-18(11-17)20-14(3)4;1-13(2)18-5-7-19(8-6-18)17(22)21-11-15-9-20(14(3)4)10-16(15)12-21;1-12(2)18-9-15(10-18)11-19(13(3)4)16-7-17(8-16)20-14(5)6;1-13(2)18-11-9-16(10-12-18)17(4)15-7-5-14(3)6-8-15;1-12(2)14-5-6-15(11-14)17-9-7-16(8-10-17)13(3)4;2*1-2/h6-16H,1-5H3;13-18H,6-12H2,1-5H3;13-16H,5-12H2,1-4H3;12-17H,7-11H2,1-6H3;13-16H,5-12H2,1-4H3;12-15H,5-11H2,1-4H3;2*1-2H3. The summed E-state index contributed by atoms with van der Waals surface area (Å²) >= 11 is 0. The van der Waals surface area contributed by atoms with Crippen LogP contribution in [0.25, 0.3) is 22.4 Å². The van der Waals surface area contributed by atoms with Gasteiger partial charge in [-0.1, -0.05) is 144 Å². The Kier molecular flexibility index (Phi) is 46.9. The first-order valence-corrected chi connectivity index (χ1v) is 52.6. The van der Waals surface area contributed by atoms with Crippen LogP contribution in [-0.4, -0.2) is 291 Å². The molecule has 16 nitrogen and oxygen atoms in total. The molecular weight excluding hydrogens is 1540 g/mol. The first-order chi connectivity index (χ1) is 59.4. The number of urea groups is 1. The Morgan fingerprint density at radius 3 is 1.21 bits per heavy atom. The maximum atomic E-state index is 12.7. The highest BCUT2D eigenvalue weighted by molar-refractivity contribution is 5.75. The highest BCUT2D eigenvalue weighted by atomic mass is 16.5. The lowest BCUT2D eigenvalue weighted by atomic mass is 9.81. The van der Waals surface area contributed by atoms with Crippen LogP contribution in [0.5, 0.6) is 0 Å². The van der Waals surface area contributed by atoms with E-state index < -0.39 is 0 Å². The van der Waals surface area contributed by atoms with Gasteiger partial charge in [-0.05, 0) is 317 Å². The first kappa shape index (κ1) is 109. The SMILES string of the molecule is CC.CC.CC(C)C1CCC(N2CCN(C(C)C)CC2)C1.CC(C)N1CCN(C(=O)N2CC3CN(C(C)C)CC3C2)CC1.CC(C)OC1CC(N(CC2CN(C(C)C)C2)C(C)C)C1.CC(C)c1ccc(-c2ccc(-c3cnc(C(C)C)n3C)cc2)cc1.CC1CCC(CN(C(C)C)C2CC(OC(C)C)C2)CC1.CC1CCC(N(C)C2CCN(C(C)C)CC2)CC1. The summed E-state index contributed by atoms with van der Waals surface area (Å²) in [6, 6.07) is 26.8. The summed E-state index contributed by atoms with van der Waals surface area (Å²) in [4.78, 5) is 45.3. The number of benzene rings is 2. The Labute approximate surface area is 772 Å². The number of fused-ring (bicyclic) bond motifs is 1. The van der Waals surface area contributed by atoms with Gasteiger partial charge in [0, 0.05) is 190 Å². The molecule has 4 atom stereocenters. The fourth-order valence-electron chi connectivity index (χ4n) is 22.1. The van der Waals surface area contributed by atoms with E-state index >= 15 is 0 Å². The summed E-state index contributed by atoms with van der Waals surface area (Å²) < 4.78 is 14.0. The van der Waals surface area contributed by atoms with Gasteiger partial charge in [-0.15, -0.1) is 0 Å². The van der Waals surface area contributed by atoms with Crippen molar-refractivity contribution in [1.82, 2.24) is 63.5 Å². The Morgan fingerprint density at radius 2 is 0.808 bits per heavy atom. The molecule has 0 radical (unpaired) electrons. The van der Waals surface area contributed by atoms with Gasteiger partial charge in [-0.2, -0.15) is 0 Å². The van der Waals surface area contributed by atoms with Gasteiger partial charge in [0.1, 0.15) is 5.82 Å². The van der Waals surface area contributed by atoms with Crippen molar-refractivity contribution in [3.8, 4) is 22.4 Å². The number of hydrogen-bond acceptors (Lipinski definition) is 13. The molecule has 720 valence electrons. The Balaban J connectivity index is 0.000000205. The van der Waals surface area contributed by atoms with Crippen LogP contribution in [0.3, 0.4) is 0 Å². The van der Waals surface area contributed by atoms with Crippen molar-refractivity contribution in [2.24, 2.45) is 54.4 Å². The number of hydrogen-bond donors (Lipinski definition) is 0. The molecule has 3 aromatic rings. The number of carbonyl (C=O) groups is 1. The van der Waals surface area contributed by atoms with Crippen molar-refractivity contribution in [3.63, 3.8) is 0 Å². The van der Waals surface area contributed by atoms with Crippen LogP contribution in [0.15, 0.2) is 54.7 Å². The summed E-state index contributed by atoms with van der Waals surface area (Å²) in [5.41, 5.74) is 6.27. The zero-order valence-corrected chi connectivity index (χ0v) is 87.5. The second kappa shape index (κ2) is 54.0. The van der Waals surface area contributed by atoms with E-state index in [1.165, 1.54) is 216 Å². The summed E-state index contributed by atoms with van der Waals surface area (Å²) in [7, 11) is 4.48. The van der Waals surface area contributed by atoms with Gasteiger partial charge in [0.25, 0.3) is 0 Å². The average molecular weight is 1740 g/mol. The lowest BCUT2D eigenvalue weighted by Gasteiger charge is -2.50. The molecule has 11 aliphatic rings. The molecule has 11 fully saturated rings. The quantitative estimate of drug-likeness (QED) is 0.0807. The zero-order chi connectivity index (χ0) is 92.2. The van der Waals surface area contributed by atoms with E-state index in [1.54, 1.807) is 0 Å². The van der Waals surface area contributed by atoms with E-state index in [9.17, 15) is 4.79 Å². The van der Waals surface area contributed by atoms with Gasteiger partial charge in [0.15, 0.2) is 0 Å². The molecule has 1 aromatic heterocycles. The van der Waals surface area contributed by atoms with Gasteiger partial charge in [-0.25, -0.2) is 9.78 Å². The smallest absolute Gasteiger partial charge is 0.320 e. The first-order valence-electron chi connectivity index (χ1n) is 52.6. The van der Waals surface area contributed by atoms with Crippen LogP contribution >= 0.6 is 0 Å². The third-order valence-corrected chi connectivity index (χ3v) is 30.9. The second-order valence-electron chi connectivity index (χ2n) is 44.0. The third-order valence-electron chi connectivity index (χ3n) is 30.9. The van der Waals surface area contributed by atoms with Crippen molar-refractivity contribution in [1.29, 1.82) is 0 Å². The minimum absolute atomic E-state index is 0.286. The number of piperazine rings is 2. The molecule has 0 bridgehead atoms. The summed E-state index contributed by atoms with van der Waals surface area (Å²) in [6.45, 7) is 88.4. The Bertz CT molecular complexity index is 3310. The van der Waals surface area contributed by atoms with Gasteiger partial charge >= 0.3 is 6.03 Å². The normalized spacial score (nSPS) is 26.9. The van der Waals surface area contributed by atoms with Gasteiger partial charge < -0.3 is 43.4 Å². The third kappa shape index (κ3) is 33.6. The highest BCUT2D eigenvalue weighted by Crippen LogP contribution is 2.40. The zero-order valence-electron chi connectivity index (χ0n) is 87.5. The van der Waals surface area contributed by atoms with E-state index in [4.69, 9.17) is 9.47 Å². The number of likely N-dealkylation sites (tertiary alicyclic amines) is 4. The minimum atomic E-state index is 0.286. The van der Waals surface area contributed by atoms with Crippen LogP contribution in [0, 0.1) is 47.3 Å². The van der Waals surface area contributed by atoms with Crippen LogP contribution in [0.2, 0.25) is 0 Å². The minimum Gasteiger partial charge on any atom is -0.375 e. The lowest BCUT2D eigenvalue weighted by molar-refractivity contribution is -0.0905. The topological polar surface area (TPSA) is 89.0 Å².